The first kappa shape index (κ1) is 8.56. The Morgan fingerprint density at radius 3 is 3.31 bits per heavy atom. The summed E-state index contributed by atoms with van der Waals surface area (Å²) >= 11 is 1.61. The molecule has 0 spiro atoms. The maximum absolute atomic E-state index is 11.0. The average Bonchev–Trinajstić information content (AvgIpc) is 2.46. The fourth-order valence-corrected chi connectivity index (χ4v) is 2.41. The number of thiophene rings is 1. The topological polar surface area (TPSA) is 38.3 Å². The molecule has 13 heavy (non-hydrogen) atoms. The lowest BCUT2D eigenvalue weighted by Gasteiger charge is -2.12. The molecule has 1 aliphatic heterocycles. The number of amides is 1. The highest BCUT2D eigenvalue weighted by Crippen LogP contribution is 2.37. The smallest absolute Gasteiger partial charge is 0.263 e. The zero-order valence-corrected chi connectivity index (χ0v) is 8.24. The van der Waals surface area contributed by atoms with Gasteiger partial charge < -0.3 is 10.1 Å². The van der Waals surface area contributed by atoms with E-state index in [9.17, 15) is 4.79 Å². The van der Waals surface area contributed by atoms with Crippen LogP contribution in [0, 0.1) is 0 Å². The van der Waals surface area contributed by atoms with Crippen molar-refractivity contribution in [1.29, 1.82) is 0 Å². The van der Waals surface area contributed by atoms with E-state index in [1.54, 1.807) is 11.3 Å². The van der Waals surface area contributed by atoms with Crippen molar-refractivity contribution >= 4 is 22.2 Å². The summed E-state index contributed by atoms with van der Waals surface area (Å²) in [6, 6.07) is 2.02. The highest BCUT2D eigenvalue weighted by atomic mass is 32.1. The molecule has 1 amide bonds. The summed E-state index contributed by atoms with van der Waals surface area (Å²) in [5.74, 6) is 0.769. The second kappa shape index (κ2) is 3.38. The summed E-state index contributed by atoms with van der Waals surface area (Å²) in [6.45, 7) is 2.29. The van der Waals surface area contributed by atoms with Crippen LogP contribution in [0.3, 0.4) is 0 Å². The minimum atomic E-state index is -0.0580. The Morgan fingerprint density at radius 2 is 2.54 bits per heavy atom. The first-order valence-electron chi connectivity index (χ1n) is 4.35. The monoisotopic (exact) mass is 197 g/mol. The predicted octanol–water partition coefficient (Wildman–Crippen LogP) is 2.03. The maximum Gasteiger partial charge on any atom is 0.263 e. The van der Waals surface area contributed by atoms with Crippen LogP contribution in [0.4, 0.5) is 5.00 Å². The van der Waals surface area contributed by atoms with Gasteiger partial charge in [-0.05, 0) is 12.5 Å². The average molecular weight is 197 g/mol. The lowest BCUT2D eigenvalue weighted by molar-refractivity contribution is -0.118. The molecule has 0 unspecified atom stereocenters. The molecular weight excluding hydrogens is 186 g/mol. The van der Waals surface area contributed by atoms with Crippen LogP contribution < -0.4 is 10.1 Å². The van der Waals surface area contributed by atoms with E-state index < -0.39 is 0 Å². The molecule has 1 aliphatic rings. The molecule has 0 aliphatic carbocycles. The van der Waals surface area contributed by atoms with Gasteiger partial charge >= 0.3 is 0 Å². The molecule has 0 aromatic carbocycles. The van der Waals surface area contributed by atoms with Crippen LogP contribution in [0.2, 0.25) is 0 Å². The fourth-order valence-electron chi connectivity index (χ4n) is 1.29. The van der Waals surface area contributed by atoms with E-state index in [4.69, 9.17) is 4.74 Å². The van der Waals surface area contributed by atoms with Crippen molar-refractivity contribution in [2.24, 2.45) is 0 Å². The number of carbonyl (C=O) groups is 1. The minimum Gasteiger partial charge on any atom is -0.481 e. The Morgan fingerprint density at radius 1 is 1.69 bits per heavy atom. The van der Waals surface area contributed by atoms with E-state index in [1.165, 1.54) is 4.88 Å². The maximum atomic E-state index is 11.0. The zero-order chi connectivity index (χ0) is 9.26. The number of nitrogens with one attached hydrogen (secondary N) is 1. The molecule has 0 saturated carbocycles. The first-order valence-corrected chi connectivity index (χ1v) is 5.16. The largest absolute Gasteiger partial charge is 0.481 e. The molecule has 1 aromatic rings. The van der Waals surface area contributed by atoms with Gasteiger partial charge in [0, 0.05) is 4.88 Å². The van der Waals surface area contributed by atoms with Crippen LogP contribution in [0.25, 0.3) is 0 Å². The number of rotatable bonds is 2. The zero-order valence-electron chi connectivity index (χ0n) is 7.42. The van der Waals surface area contributed by atoms with Crippen molar-refractivity contribution in [2.45, 2.75) is 19.8 Å². The molecule has 1 N–H and O–H groups in total. The SMILES string of the molecule is CCCc1cc2c(s1)NC(=O)CO2. The Bertz CT molecular complexity index is 332. The summed E-state index contributed by atoms with van der Waals surface area (Å²) in [7, 11) is 0. The van der Waals surface area contributed by atoms with Crippen molar-refractivity contribution in [2.75, 3.05) is 11.9 Å². The van der Waals surface area contributed by atoms with Gasteiger partial charge in [-0.2, -0.15) is 0 Å². The second-order valence-corrected chi connectivity index (χ2v) is 4.13. The summed E-state index contributed by atoms with van der Waals surface area (Å²) < 4.78 is 5.26. The number of ether oxygens (including phenoxy) is 1. The van der Waals surface area contributed by atoms with Crippen LogP contribution in [0.5, 0.6) is 5.75 Å². The van der Waals surface area contributed by atoms with Gasteiger partial charge in [-0.1, -0.05) is 13.3 Å². The van der Waals surface area contributed by atoms with E-state index in [0.29, 0.717) is 0 Å². The van der Waals surface area contributed by atoms with Crippen molar-refractivity contribution in [3.63, 3.8) is 0 Å². The lowest BCUT2D eigenvalue weighted by atomic mass is 10.3. The number of fused-ring (bicyclic) bond motifs is 1. The Hall–Kier alpha value is -1.03. The highest BCUT2D eigenvalue weighted by Gasteiger charge is 2.18. The Labute approximate surface area is 80.7 Å². The van der Waals surface area contributed by atoms with E-state index in [0.717, 1.165) is 23.6 Å². The van der Waals surface area contributed by atoms with Crippen molar-refractivity contribution in [3.8, 4) is 5.75 Å². The molecule has 3 nitrogen and oxygen atoms in total. The summed E-state index contributed by atoms with van der Waals surface area (Å²) in [4.78, 5) is 12.2. The number of hydrogen-bond donors (Lipinski definition) is 1. The van der Waals surface area contributed by atoms with Crippen LogP contribution in [-0.2, 0) is 11.2 Å². The van der Waals surface area contributed by atoms with Gasteiger partial charge in [0.25, 0.3) is 5.91 Å². The quantitative estimate of drug-likeness (QED) is 0.787. The van der Waals surface area contributed by atoms with Gasteiger partial charge in [0.2, 0.25) is 0 Å². The molecule has 2 heterocycles. The third-order valence-electron chi connectivity index (χ3n) is 1.86. The van der Waals surface area contributed by atoms with Gasteiger partial charge in [-0.25, -0.2) is 0 Å². The summed E-state index contributed by atoms with van der Waals surface area (Å²) in [6.07, 6.45) is 2.17. The van der Waals surface area contributed by atoms with Gasteiger partial charge in [-0.3, -0.25) is 4.79 Å². The molecule has 2 rings (SSSR count). The van der Waals surface area contributed by atoms with Gasteiger partial charge in [-0.15, -0.1) is 11.3 Å². The minimum absolute atomic E-state index is 0.0580. The van der Waals surface area contributed by atoms with Crippen LogP contribution in [0.1, 0.15) is 18.2 Å². The summed E-state index contributed by atoms with van der Waals surface area (Å²) in [5, 5.41) is 3.65. The molecule has 70 valence electrons. The third kappa shape index (κ3) is 1.67. The standard InChI is InChI=1S/C9H11NO2S/c1-2-3-6-4-7-9(13-6)10-8(11)5-12-7/h4H,2-3,5H2,1H3,(H,10,11). The van der Waals surface area contributed by atoms with E-state index in [-0.39, 0.29) is 12.5 Å². The fraction of sp³-hybridized carbons (Fsp3) is 0.444. The van der Waals surface area contributed by atoms with Crippen molar-refractivity contribution in [3.05, 3.63) is 10.9 Å². The third-order valence-corrected chi connectivity index (χ3v) is 2.95. The molecule has 0 atom stereocenters. The molecule has 4 heteroatoms. The highest BCUT2D eigenvalue weighted by molar-refractivity contribution is 7.16. The number of aryl methyl sites for hydroxylation is 1. The summed E-state index contributed by atoms with van der Waals surface area (Å²) in [5.41, 5.74) is 0. The van der Waals surface area contributed by atoms with Crippen molar-refractivity contribution < 1.29 is 9.53 Å². The number of hydrogen-bond acceptors (Lipinski definition) is 3. The second-order valence-electron chi connectivity index (χ2n) is 2.99. The predicted molar refractivity (Wildman–Crippen MR) is 52.4 cm³/mol. The van der Waals surface area contributed by atoms with E-state index in [1.807, 2.05) is 6.07 Å². The lowest BCUT2D eigenvalue weighted by Crippen LogP contribution is -2.23. The number of carbonyl (C=O) groups excluding carboxylic acids is 1. The molecule has 0 fully saturated rings. The van der Waals surface area contributed by atoms with E-state index >= 15 is 0 Å². The van der Waals surface area contributed by atoms with Crippen molar-refractivity contribution in [1.82, 2.24) is 0 Å². The van der Waals surface area contributed by atoms with Crippen LogP contribution >= 0.6 is 11.3 Å². The molecule has 0 bridgehead atoms. The van der Waals surface area contributed by atoms with E-state index in [2.05, 4.69) is 12.2 Å². The Kier molecular flexibility index (Phi) is 2.22. The van der Waals surface area contributed by atoms with Crippen LogP contribution in [0.15, 0.2) is 6.07 Å². The van der Waals surface area contributed by atoms with Gasteiger partial charge in [0.1, 0.15) is 5.00 Å². The molecule has 0 saturated heterocycles. The molecule has 0 radical (unpaired) electrons. The Balaban J connectivity index is 2.23. The van der Waals surface area contributed by atoms with Crippen LogP contribution in [-0.4, -0.2) is 12.5 Å². The normalized spacial score (nSPS) is 14.7. The van der Waals surface area contributed by atoms with Gasteiger partial charge in [0.05, 0.1) is 0 Å². The molecular formula is C9H11NO2S. The molecule has 1 aromatic heterocycles. The van der Waals surface area contributed by atoms with Gasteiger partial charge in [0.15, 0.2) is 12.4 Å². The first-order chi connectivity index (χ1) is 6.29. The number of anilines is 1.